The number of hydrogen-bond acceptors (Lipinski definition) is 6. The highest BCUT2D eigenvalue weighted by Gasteiger charge is 2.33. The van der Waals surface area contributed by atoms with Crippen LogP contribution in [-0.2, 0) is 36.1 Å². The van der Waals surface area contributed by atoms with E-state index in [0.717, 1.165) is 22.3 Å². The van der Waals surface area contributed by atoms with Crippen molar-refractivity contribution in [1.29, 1.82) is 0 Å². The van der Waals surface area contributed by atoms with Gasteiger partial charge in [-0.2, -0.15) is 8.61 Å². The van der Waals surface area contributed by atoms with Gasteiger partial charge in [-0.3, -0.25) is 4.79 Å². The number of sulfonamides is 2. The van der Waals surface area contributed by atoms with Gasteiger partial charge < -0.3 is 10.1 Å². The number of amides is 1. The summed E-state index contributed by atoms with van der Waals surface area (Å²) < 4.78 is 60.3. The summed E-state index contributed by atoms with van der Waals surface area (Å²) in [6.07, 6.45) is 0.900. The Morgan fingerprint density at radius 2 is 1.41 bits per heavy atom. The third kappa shape index (κ3) is 6.06. The lowest BCUT2D eigenvalue weighted by atomic mass is 9.97. The van der Waals surface area contributed by atoms with Crippen molar-refractivity contribution in [3.05, 3.63) is 58.7 Å². The van der Waals surface area contributed by atoms with E-state index in [0.29, 0.717) is 57.1 Å². The highest BCUT2D eigenvalue weighted by molar-refractivity contribution is 7.89. The molecule has 0 atom stereocenters. The molecule has 0 unspecified atom stereocenters. The fourth-order valence-electron chi connectivity index (χ4n) is 5.11. The van der Waals surface area contributed by atoms with E-state index in [1.807, 2.05) is 32.9 Å². The molecule has 9 nitrogen and oxygen atoms in total. The number of carbonyl (C=O) groups excluding carboxylic acids is 1. The van der Waals surface area contributed by atoms with E-state index in [-0.39, 0.29) is 23.3 Å². The van der Waals surface area contributed by atoms with Gasteiger partial charge in [0.1, 0.15) is 0 Å². The molecule has 0 aromatic heterocycles. The molecule has 1 amide bonds. The number of carbonyl (C=O) groups is 1. The SMILES string of the molecule is Cc1cc(C)c(S(=O)(=O)N2CCC(C(=O)NCc3ccc(S(=O)(=O)N4CCOCC4)cc3)CC2)c(C)c1. The van der Waals surface area contributed by atoms with E-state index in [9.17, 15) is 21.6 Å². The zero-order valence-electron chi connectivity index (χ0n) is 21.6. The minimum Gasteiger partial charge on any atom is -0.379 e. The second-order valence-corrected chi connectivity index (χ2v) is 13.6. The van der Waals surface area contributed by atoms with E-state index in [4.69, 9.17) is 4.74 Å². The van der Waals surface area contributed by atoms with Crippen molar-refractivity contribution < 1.29 is 26.4 Å². The predicted molar refractivity (Wildman–Crippen MR) is 140 cm³/mol. The largest absolute Gasteiger partial charge is 0.379 e. The topological polar surface area (TPSA) is 113 Å². The minimum atomic E-state index is -3.63. The standard InChI is InChI=1S/C26H35N3O6S2/c1-19-16-20(2)25(21(3)17-19)37(33,34)28-10-8-23(9-11-28)26(30)27-18-22-4-6-24(7-5-22)36(31,32)29-12-14-35-15-13-29/h4-7,16-17,23H,8-15,18H2,1-3H3,(H,27,30). The van der Waals surface area contributed by atoms with Gasteiger partial charge in [-0.1, -0.05) is 29.8 Å². The van der Waals surface area contributed by atoms with Crippen LogP contribution in [0.25, 0.3) is 0 Å². The van der Waals surface area contributed by atoms with Gasteiger partial charge in [0.2, 0.25) is 26.0 Å². The van der Waals surface area contributed by atoms with Gasteiger partial charge in [-0.25, -0.2) is 16.8 Å². The molecule has 11 heteroatoms. The Kier molecular flexibility index (Phi) is 8.39. The van der Waals surface area contributed by atoms with Crippen LogP contribution in [0.5, 0.6) is 0 Å². The Hall–Kier alpha value is -2.31. The minimum absolute atomic E-state index is 0.121. The van der Waals surface area contributed by atoms with Gasteiger partial charge in [-0.15, -0.1) is 0 Å². The molecular weight excluding hydrogens is 514 g/mol. The Bertz CT molecular complexity index is 1320. The van der Waals surface area contributed by atoms with Crippen LogP contribution in [0.3, 0.4) is 0 Å². The molecule has 2 fully saturated rings. The number of nitrogens with zero attached hydrogens (tertiary/aromatic N) is 2. The average molecular weight is 550 g/mol. The third-order valence-corrected chi connectivity index (χ3v) is 11.1. The van der Waals surface area contributed by atoms with Crippen molar-refractivity contribution in [3.63, 3.8) is 0 Å². The molecule has 2 aliphatic heterocycles. The number of ether oxygens (including phenoxy) is 1. The van der Waals surface area contributed by atoms with Crippen molar-refractivity contribution in [2.75, 3.05) is 39.4 Å². The molecule has 2 saturated heterocycles. The normalized spacial score (nSPS) is 18.6. The van der Waals surface area contributed by atoms with Gasteiger partial charge in [-0.05, 0) is 62.4 Å². The highest BCUT2D eigenvalue weighted by atomic mass is 32.2. The molecule has 0 saturated carbocycles. The lowest BCUT2D eigenvalue weighted by Gasteiger charge is -2.31. The van der Waals surface area contributed by atoms with Crippen LogP contribution < -0.4 is 5.32 Å². The molecule has 1 N–H and O–H groups in total. The van der Waals surface area contributed by atoms with Gasteiger partial charge >= 0.3 is 0 Å². The summed E-state index contributed by atoms with van der Waals surface area (Å²) in [6, 6.07) is 10.3. The van der Waals surface area contributed by atoms with Crippen LogP contribution in [-0.4, -0.2) is 70.7 Å². The van der Waals surface area contributed by atoms with Crippen LogP contribution in [0.15, 0.2) is 46.2 Å². The van der Waals surface area contributed by atoms with Gasteiger partial charge in [0.25, 0.3) is 0 Å². The van der Waals surface area contributed by atoms with Gasteiger partial charge in [0.15, 0.2) is 0 Å². The van der Waals surface area contributed by atoms with E-state index < -0.39 is 20.0 Å². The molecule has 0 bridgehead atoms. The van der Waals surface area contributed by atoms with Crippen molar-refractivity contribution in [1.82, 2.24) is 13.9 Å². The number of aryl methyl sites for hydroxylation is 3. The van der Waals surface area contributed by atoms with E-state index in [1.54, 1.807) is 24.3 Å². The van der Waals surface area contributed by atoms with Crippen molar-refractivity contribution in [2.45, 2.75) is 49.9 Å². The number of rotatable bonds is 7. The summed E-state index contributed by atoms with van der Waals surface area (Å²) in [4.78, 5) is 13.4. The lowest BCUT2D eigenvalue weighted by molar-refractivity contribution is -0.126. The third-order valence-electron chi connectivity index (χ3n) is 7.03. The highest BCUT2D eigenvalue weighted by Crippen LogP contribution is 2.29. The van der Waals surface area contributed by atoms with Crippen molar-refractivity contribution in [2.24, 2.45) is 5.92 Å². The summed E-state index contributed by atoms with van der Waals surface area (Å²) in [7, 11) is -7.19. The zero-order valence-corrected chi connectivity index (χ0v) is 23.2. The zero-order chi connectivity index (χ0) is 26.8. The Morgan fingerprint density at radius 3 is 1.97 bits per heavy atom. The summed E-state index contributed by atoms with van der Waals surface area (Å²) in [5.41, 5.74) is 3.29. The Morgan fingerprint density at radius 1 is 0.865 bits per heavy atom. The monoisotopic (exact) mass is 549 g/mol. The first-order valence-electron chi connectivity index (χ1n) is 12.5. The second-order valence-electron chi connectivity index (χ2n) is 9.78. The van der Waals surface area contributed by atoms with Gasteiger partial charge in [0, 0.05) is 38.6 Å². The van der Waals surface area contributed by atoms with E-state index in [1.165, 1.54) is 8.61 Å². The molecular formula is C26H35N3O6S2. The fraction of sp³-hybridized carbons (Fsp3) is 0.500. The molecule has 2 aromatic carbocycles. The smallest absolute Gasteiger partial charge is 0.243 e. The van der Waals surface area contributed by atoms with Crippen LogP contribution >= 0.6 is 0 Å². The first kappa shape index (κ1) is 27.7. The molecule has 4 rings (SSSR count). The Balaban J connectivity index is 1.31. The second kappa shape index (κ2) is 11.2. The summed E-state index contributed by atoms with van der Waals surface area (Å²) in [6.45, 7) is 7.89. The van der Waals surface area contributed by atoms with Gasteiger partial charge in [0.05, 0.1) is 23.0 Å². The number of nitrogens with one attached hydrogen (secondary N) is 1. The molecule has 0 spiro atoms. The molecule has 0 radical (unpaired) electrons. The number of piperidine rings is 1. The predicted octanol–water partition coefficient (Wildman–Crippen LogP) is 2.35. The van der Waals surface area contributed by atoms with Crippen LogP contribution in [0.1, 0.15) is 35.1 Å². The molecule has 37 heavy (non-hydrogen) atoms. The number of hydrogen-bond donors (Lipinski definition) is 1. The lowest BCUT2D eigenvalue weighted by Crippen LogP contribution is -2.43. The van der Waals surface area contributed by atoms with Crippen LogP contribution in [0, 0.1) is 26.7 Å². The summed E-state index contributed by atoms with van der Waals surface area (Å²) in [5, 5.41) is 2.92. The molecule has 2 aliphatic rings. The van der Waals surface area contributed by atoms with Crippen LogP contribution in [0.4, 0.5) is 0 Å². The maximum Gasteiger partial charge on any atom is 0.243 e. The fourth-order valence-corrected chi connectivity index (χ4v) is 8.40. The van der Waals surface area contributed by atoms with Crippen molar-refractivity contribution >= 4 is 26.0 Å². The van der Waals surface area contributed by atoms with E-state index in [2.05, 4.69) is 5.32 Å². The maximum atomic E-state index is 13.3. The quantitative estimate of drug-likeness (QED) is 0.567. The van der Waals surface area contributed by atoms with Crippen LogP contribution in [0.2, 0.25) is 0 Å². The number of morpholine rings is 1. The first-order valence-corrected chi connectivity index (χ1v) is 15.4. The summed E-state index contributed by atoms with van der Waals surface area (Å²) >= 11 is 0. The molecule has 2 aromatic rings. The number of benzene rings is 2. The molecule has 2 heterocycles. The van der Waals surface area contributed by atoms with E-state index >= 15 is 0 Å². The maximum absolute atomic E-state index is 13.3. The van der Waals surface area contributed by atoms with Crippen molar-refractivity contribution in [3.8, 4) is 0 Å². The Labute approximate surface area is 219 Å². The molecule has 202 valence electrons. The average Bonchev–Trinajstić information content (AvgIpc) is 2.87. The summed E-state index contributed by atoms with van der Waals surface area (Å²) in [5.74, 6) is -0.391. The first-order chi connectivity index (χ1) is 17.5. The molecule has 0 aliphatic carbocycles.